The van der Waals surface area contributed by atoms with Crippen LogP contribution >= 0.6 is 0 Å². The summed E-state index contributed by atoms with van der Waals surface area (Å²) in [7, 11) is 3.51. The van der Waals surface area contributed by atoms with Gasteiger partial charge in [0.05, 0.1) is 5.54 Å². The lowest BCUT2D eigenvalue weighted by atomic mass is 9.94. The molecule has 6 nitrogen and oxygen atoms in total. The summed E-state index contributed by atoms with van der Waals surface area (Å²) in [6, 6.07) is 2.30. The van der Waals surface area contributed by atoms with Crippen LogP contribution in [0.1, 0.15) is 54.6 Å². The Morgan fingerprint density at radius 2 is 2.04 bits per heavy atom. The van der Waals surface area contributed by atoms with Crippen LogP contribution in [0.15, 0.2) is 6.07 Å². The second kappa shape index (κ2) is 6.76. The molecule has 0 bridgehead atoms. The average molecular weight is 332 g/mol. The minimum Gasteiger partial charge on any atom is -0.381 e. The first kappa shape index (κ1) is 17.3. The highest BCUT2D eigenvalue weighted by atomic mass is 16.5. The van der Waals surface area contributed by atoms with Gasteiger partial charge in [-0.15, -0.1) is 0 Å². The van der Waals surface area contributed by atoms with Crippen molar-refractivity contribution in [1.29, 1.82) is 0 Å². The maximum absolute atomic E-state index is 12.4. The number of aromatic nitrogens is 2. The summed E-state index contributed by atoms with van der Waals surface area (Å²) >= 11 is 0. The second-order valence-electron chi connectivity index (χ2n) is 7.33. The number of likely N-dealkylation sites (tertiary alicyclic amines) is 1. The van der Waals surface area contributed by atoms with Crippen molar-refractivity contribution in [3.63, 3.8) is 0 Å². The summed E-state index contributed by atoms with van der Waals surface area (Å²) in [6.45, 7) is 6.89. The molecule has 2 aliphatic rings. The number of carbonyl (C=O) groups is 1. The van der Waals surface area contributed by atoms with Gasteiger partial charge in [0.1, 0.15) is 11.5 Å². The molecule has 1 amide bonds. The van der Waals surface area contributed by atoms with E-state index in [0.29, 0.717) is 11.7 Å². The number of hydrogen-bond acceptors (Lipinski definition) is 5. The molecule has 0 aromatic carbocycles. The van der Waals surface area contributed by atoms with E-state index in [2.05, 4.69) is 16.8 Å². The van der Waals surface area contributed by atoms with E-state index in [0.717, 1.165) is 57.0 Å². The van der Waals surface area contributed by atoms with Crippen molar-refractivity contribution in [2.75, 3.05) is 33.9 Å². The number of amides is 1. The minimum atomic E-state index is -0.199. The van der Waals surface area contributed by atoms with Crippen molar-refractivity contribution in [2.45, 2.75) is 51.1 Å². The van der Waals surface area contributed by atoms with Crippen molar-refractivity contribution in [1.82, 2.24) is 19.8 Å². The first-order chi connectivity index (χ1) is 11.4. The van der Waals surface area contributed by atoms with Gasteiger partial charge < -0.3 is 9.64 Å². The molecule has 132 valence electrons. The third-order valence-corrected chi connectivity index (χ3v) is 5.29. The smallest absolute Gasteiger partial charge is 0.272 e. The van der Waals surface area contributed by atoms with E-state index in [1.165, 1.54) is 0 Å². The minimum absolute atomic E-state index is 0.0686. The van der Waals surface area contributed by atoms with Gasteiger partial charge in [-0.25, -0.2) is 9.97 Å². The van der Waals surface area contributed by atoms with Crippen LogP contribution in [-0.4, -0.2) is 65.6 Å². The summed E-state index contributed by atoms with van der Waals surface area (Å²) < 4.78 is 5.52. The van der Waals surface area contributed by atoms with E-state index in [1.54, 1.807) is 25.1 Å². The lowest BCUT2D eigenvalue weighted by molar-refractivity contribution is 0.00191. The molecule has 1 atom stereocenters. The zero-order valence-electron chi connectivity index (χ0n) is 15.2. The van der Waals surface area contributed by atoms with Crippen LogP contribution in [0, 0.1) is 6.92 Å². The molecule has 0 N–H and O–H groups in total. The topological polar surface area (TPSA) is 58.6 Å². The standard InChI is InChI=1S/C18H28N4O2/c1-13-12-15(16(23)21(3)4)20-17(19-13)18(2)8-5-9-22(18)14-6-10-24-11-7-14/h12,14H,5-11H2,1-4H3. The predicted molar refractivity (Wildman–Crippen MR) is 91.9 cm³/mol. The lowest BCUT2D eigenvalue weighted by Gasteiger charge is -2.41. The van der Waals surface area contributed by atoms with Gasteiger partial charge in [-0.05, 0) is 52.1 Å². The van der Waals surface area contributed by atoms with Gasteiger partial charge >= 0.3 is 0 Å². The molecule has 6 heteroatoms. The van der Waals surface area contributed by atoms with Crippen LogP contribution in [0.3, 0.4) is 0 Å². The normalized spacial score (nSPS) is 25.8. The van der Waals surface area contributed by atoms with Gasteiger partial charge in [-0.3, -0.25) is 9.69 Å². The molecule has 2 aliphatic heterocycles. The van der Waals surface area contributed by atoms with Crippen LogP contribution < -0.4 is 0 Å². The zero-order valence-corrected chi connectivity index (χ0v) is 15.2. The first-order valence-electron chi connectivity index (χ1n) is 8.84. The average Bonchev–Trinajstić information content (AvgIpc) is 2.97. The van der Waals surface area contributed by atoms with E-state index in [1.807, 2.05) is 6.92 Å². The van der Waals surface area contributed by atoms with Gasteiger partial charge in [-0.1, -0.05) is 0 Å². The Labute approximate surface area is 144 Å². The monoisotopic (exact) mass is 332 g/mol. The SMILES string of the molecule is Cc1cc(C(=O)N(C)C)nc(C2(C)CCCN2C2CCOCC2)n1. The molecule has 0 radical (unpaired) electrons. The molecule has 2 fully saturated rings. The molecule has 0 saturated carbocycles. The van der Waals surface area contributed by atoms with Gasteiger partial charge in [-0.2, -0.15) is 0 Å². The Bertz CT molecular complexity index is 613. The van der Waals surface area contributed by atoms with Crippen molar-refractivity contribution < 1.29 is 9.53 Å². The number of carbonyl (C=O) groups excluding carboxylic acids is 1. The Morgan fingerprint density at radius 1 is 1.33 bits per heavy atom. The lowest BCUT2D eigenvalue weighted by Crippen LogP contribution is -2.48. The Balaban J connectivity index is 1.95. The van der Waals surface area contributed by atoms with Crippen LogP contribution in [0.2, 0.25) is 0 Å². The molecule has 1 aromatic heterocycles. The van der Waals surface area contributed by atoms with E-state index < -0.39 is 0 Å². The van der Waals surface area contributed by atoms with Crippen molar-refractivity contribution in [2.24, 2.45) is 0 Å². The maximum Gasteiger partial charge on any atom is 0.272 e. The van der Waals surface area contributed by atoms with Gasteiger partial charge in [0.2, 0.25) is 0 Å². The highest BCUT2D eigenvalue weighted by molar-refractivity contribution is 5.92. The Morgan fingerprint density at radius 3 is 2.71 bits per heavy atom. The summed E-state index contributed by atoms with van der Waals surface area (Å²) in [5, 5.41) is 0. The number of nitrogens with zero attached hydrogens (tertiary/aromatic N) is 4. The largest absolute Gasteiger partial charge is 0.381 e. The molecule has 0 aliphatic carbocycles. The summed E-state index contributed by atoms with van der Waals surface area (Å²) in [5.41, 5.74) is 1.14. The molecule has 24 heavy (non-hydrogen) atoms. The van der Waals surface area contributed by atoms with Crippen LogP contribution in [-0.2, 0) is 10.3 Å². The highest BCUT2D eigenvalue weighted by Gasteiger charge is 2.44. The van der Waals surface area contributed by atoms with Gasteiger partial charge in [0.25, 0.3) is 5.91 Å². The summed E-state index contributed by atoms with van der Waals surface area (Å²) in [6.07, 6.45) is 4.29. The molecule has 0 spiro atoms. The summed E-state index contributed by atoms with van der Waals surface area (Å²) in [4.78, 5) is 25.9. The Hall–Kier alpha value is -1.53. The van der Waals surface area contributed by atoms with Crippen LogP contribution in [0.4, 0.5) is 0 Å². The summed E-state index contributed by atoms with van der Waals surface area (Å²) in [5.74, 6) is 0.720. The van der Waals surface area contributed by atoms with E-state index in [4.69, 9.17) is 9.72 Å². The molecule has 3 heterocycles. The number of aryl methyl sites for hydroxylation is 1. The number of rotatable bonds is 3. The molecule has 1 unspecified atom stereocenters. The fraction of sp³-hybridized carbons (Fsp3) is 0.722. The number of hydrogen-bond donors (Lipinski definition) is 0. The van der Waals surface area contributed by atoms with E-state index >= 15 is 0 Å². The Kier molecular flexibility index (Phi) is 4.88. The van der Waals surface area contributed by atoms with Gasteiger partial charge in [0, 0.05) is 39.0 Å². The van der Waals surface area contributed by atoms with E-state index in [9.17, 15) is 4.79 Å². The third kappa shape index (κ3) is 3.17. The van der Waals surface area contributed by atoms with Gasteiger partial charge in [0.15, 0.2) is 0 Å². The quantitative estimate of drug-likeness (QED) is 0.847. The fourth-order valence-corrected chi connectivity index (χ4v) is 3.95. The van der Waals surface area contributed by atoms with Crippen molar-refractivity contribution >= 4 is 5.91 Å². The van der Waals surface area contributed by atoms with Crippen LogP contribution in [0.25, 0.3) is 0 Å². The molecule has 1 aromatic rings. The molecule has 3 rings (SSSR count). The highest BCUT2D eigenvalue weighted by Crippen LogP contribution is 2.40. The van der Waals surface area contributed by atoms with Crippen LogP contribution in [0.5, 0.6) is 0 Å². The van der Waals surface area contributed by atoms with E-state index in [-0.39, 0.29) is 11.4 Å². The zero-order chi connectivity index (χ0) is 17.3. The van der Waals surface area contributed by atoms with Crippen molar-refractivity contribution in [3.8, 4) is 0 Å². The molecular formula is C18H28N4O2. The maximum atomic E-state index is 12.4. The first-order valence-corrected chi connectivity index (χ1v) is 8.84. The molecular weight excluding hydrogens is 304 g/mol. The second-order valence-corrected chi connectivity index (χ2v) is 7.33. The number of ether oxygens (including phenoxy) is 1. The molecule has 2 saturated heterocycles. The third-order valence-electron chi connectivity index (χ3n) is 5.29. The predicted octanol–water partition coefficient (Wildman–Crippen LogP) is 1.98. The fourth-order valence-electron chi connectivity index (χ4n) is 3.95. The van der Waals surface area contributed by atoms with Crippen molar-refractivity contribution in [3.05, 3.63) is 23.3 Å².